The van der Waals surface area contributed by atoms with E-state index in [1.165, 1.54) is 0 Å². The fourth-order valence-corrected chi connectivity index (χ4v) is 3.15. The summed E-state index contributed by atoms with van der Waals surface area (Å²) in [6.45, 7) is 6.72. The molecule has 0 unspecified atom stereocenters. The van der Waals surface area contributed by atoms with Crippen LogP contribution in [-0.2, 0) is 11.8 Å². The highest BCUT2D eigenvalue weighted by Crippen LogP contribution is 2.40. The molecule has 1 aliphatic rings. The summed E-state index contributed by atoms with van der Waals surface area (Å²) in [5.74, 6) is 0.150. The first-order valence-corrected chi connectivity index (χ1v) is 8.86. The largest absolute Gasteiger partial charge is 0.355 e. The van der Waals surface area contributed by atoms with Gasteiger partial charge >= 0.3 is 0 Å². The summed E-state index contributed by atoms with van der Waals surface area (Å²) in [4.78, 5) is 31.4. The number of hydrogen-bond acceptors (Lipinski definition) is 4. The lowest BCUT2D eigenvalue weighted by Gasteiger charge is -2.21. The molecule has 1 fully saturated rings. The van der Waals surface area contributed by atoms with Crippen molar-refractivity contribution in [1.82, 2.24) is 25.0 Å². The minimum Gasteiger partial charge on any atom is -0.355 e. The van der Waals surface area contributed by atoms with E-state index < -0.39 is 0 Å². The molecule has 2 aromatic heterocycles. The molecule has 7 heteroatoms. The summed E-state index contributed by atoms with van der Waals surface area (Å²) in [5.41, 5.74) is 3.07. The van der Waals surface area contributed by atoms with Crippen molar-refractivity contribution in [1.29, 1.82) is 0 Å². The molecule has 0 aromatic carbocycles. The molecule has 0 spiro atoms. The van der Waals surface area contributed by atoms with Gasteiger partial charge in [-0.25, -0.2) is 4.98 Å². The van der Waals surface area contributed by atoms with Gasteiger partial charge in [0.25, 0.3) is 5.91 Å². The summed E-state index contributed by atoms with van der Waals surface area (Å²) in [6, 6.07) is 1.90. The van der Waals surface area contributed by atoms with Gasteiger partial charge in [-0.3, -0.25) is 14.3 Å². The third-order valence-electron chi connectivity index (χ3n) is 4.59. The second-order valence-corrected chi connectivity index (χ2v) is 6.55. The molecule has 0 radical (unpaired) electrons. The predicted molar refractivity (Wildman–Crippen MR) is 95.5 cm³/mol. The van der Waals surface area contributed by atoms with Crippen LogP contribution in [0.3, 0.4) is 0 Å². The molecule has 1 aliphatic carbocycles. The van der Waals surface area contributed by atoms with Crippen molar-refractivity contribution >= 4 is 22.8 Å². The number of nitrogens with one attached hydrogen (secondary N) is 1. The first-order valence-electron chi connectivity index (χ1n) is 8.86. The van der Waals surface area contributed by atoms with Gasteiger partial charge in [0, 0.05) is 31.7 Å². The lowest BCUT2D eigenvalue weighted by Crippen LogP contribution is -2.40. The maximum atomic E-state index is 13.2. The summed E-state index contributed by atoms with van der Waals surface area (Å²) in [7, 11) is 1.85. The zero-order valence-corrected chi connectivity index (χ0v) is 15.3. The van der Waals surface area contributed by atoms with Gasteiger partial charge in [-0.05, 0) is 39.7 Å². The van der Waals surface area contributed by atoms with E-state index in [1.54, 1.807) is 9.58 Å². The molecule has 2 heterocycles. The third-order valence-corrected chi connectivity index (χ3v) is 4.59. The van der Waals surface area contributed by atoms with Gasteiger partial charge in [0.15, 0.2) is 5.65 Å². The number of likely N-dealkylation sites (N-methyl/N-ethyl adjacent to an activating group) is 2. The average molecular weight is 343 g/mol. The smallest absolute Gasteiger partial charge is 0.255 e. The Balaban J connectivity index is 2.03. The number of aromatic nitrogens is 3. The Morgan fingerprint density at radius 3 is 2.68 bits per heavy atom. The number of rotatable bonds is 6. The number of carbonyl (C=O) groups excluding carboxylic acids is 2. The van der Waals surface area contributed by atoms with Gasteiger partial charge in [-0.15, -0.1) is 0 Å². The van der Waals surface area contributed by atoms with E-state index in [1.807, 2.05) is 33.9 Å². The third kappa shape index (κ3) is 3.36. The van der Waals surface area contributed by atoms with Crippen molar-refractivity contribution in [3.63, 3.8) is 0 Å². The van der Waals surface area contributed by atoms with E-state index in [0.29, 0.717) is 24.6 Å². The first-order chi connectivity index (χ1) is 12.0. The standard InChI is InChI=1S/C18H25N5O2/c1-5-19-15(24)10-23(6-2)18(25)13-9-14(12-7-8-12)20-17-16(13)11(3)21-22(17)4/h9,12H,5-8,10H2,1-4H3,(H,19,24). The van der Waals surface area contributed by atoms with Crippen LogP contribution in [0.5, 0.6) is 0 Å². The quantitative estimate of drug-likeness (QED) is 0.866. The van der Waals surface area contributed by atoms with E-state index in [2.05, 4.69) is 10.4 Å². The Hall–Kier alpha value is -2.44. The van der Waals surface area contributed by atoms with Crippen LogP contribution in [0.25, 0.3) is 11.0 Å². The second kappa shape index (κ2) is 6.82. The Labute approximate surface area is 147 Å². The summed E-state index contributed by atoms with van der Waals surface area (Å²) in [6.07, 6.45) is 2.22. The van der Waals surface area contributed by atoms with Crippen LogP contribution >= 0.6 is 0 Å². The van der Waals surface area contributed by atoms with Gasteiger partial charge in [-0.2, -0.15) is 5.10 Å². The SMILES string of the molecule is CCNC(=O)CN(CC)C(=O)c1cc(C2CC2)nc2c1c(C)nn2C. The molecule has 0 atom stereocenters. The van der Waals surface area contributed by atoms with Crippen LogP contribution in [0, 0.1) is 6.92 Å². The highest BCUT2D eigenvalue weighted by molar-refractivity contribution is 6.07. The zero-order chi connectivity index (χ0) is 18.1. The highest BCUT2D eigenvalue weighted by atomic mass is 16.2. The van der Waals surface area contributed by atoms with Crippen molar-refractivity contribution in [3.8, 4) is 0 Å². The number of nitrogens with zero attached hydrogens (tertiary/aromatic N) is 4. The van der Waals surface area contributed by atoms with Crippen molar-refractivity contribution in [2.75, 3.05) is 19.6 Å². The van der Waals surface area contributed by atoms with Crippen LogP contribution in [0.15, 0.2) is 6.07 Å². The van der Waals surface area contributed by atoms with E-state index in [9.17, 15) is 9.59 Å². The molecule has 0 bridgehead atoms. The first kappa shape index (κ1) is 17.4. The van der Waals surface area contributed by atoms with Crippen molar-refractivity contribution < 1.29 is 9.59 Å². The molecule has 1 saturated carbocycles. The molecule has 0 saturated heterocycles. The summed E-state index contributed by atoms with van der Waals surface area (Å²) < 4.78 is 1.73. The monoisotopic (exact) mass is 343 g/mol. The fourth-order valence-electron chi connectivity index (χ4n) is 3.15. The molecule has 7 nitrogen and oxygen atoms in total. The van der Waals surface area contributed by atoms with Crippen molar-refractivity contribution in [3.05, 3.63) is 23.0 Å². The Morgan fingerprint density at radius 2 is 2.08 bits per heavy atom. The lowest BCUT2D eigenvalue weighted by atomic mass is 10.1. The van der Waals surface area contributed by atoms with Gasteiger partial charge in [-0.1, -0.05) is 0 Å². The number of hydrogen-bond donors (Lipinski definition) is 1. The van der Waals surface area contributed by atoms with Crippen molar-refractivity contribution in [2.24, 2.45) is 7.05 Å². The predicted octanol–water partition coefficient (Wildman–Crippen LogP) is 1.75. The maximum absolute atomic E-state index is 13.2. The van der Waals surface area contributed by atoms with Crippen LogP contribution in [0.1, 0.15) is 54.4 Å². The Morgan fingerprint density at radius 1 is 1.36 bits per heavy atom. The number of fused-ring (bicyclic) bond motifs is 1. The number of aryl methyl sites for hydroxylation is 2. The molecule has 2 aromatic rings. The molecular formula is C18H25N5O2. The van der Waals surface area contributed by atoms with Crippen LogP contribution in [-0.4, -0.2) is 51.1 Å². The second-order valence-electron chi connectivity index (χ2n) is 6.55. The van der Waals surface area contributed by atoms with E-state index in [-0.39, 0.29) is 18.4 Å². The summed E-state index contributed by atoms with van der Waals surface area (Å²) >= 11 is 0. The molecule has 2 amide bonds. The van der Waals surface area contributed by atoms with E-state index >= 15 is 0 Å². The molecular weight excluding hydrogens is 318 g/mol. The van der Waals surface area contributed by atoms with E-state index in [0.717, 1.165) is 35.3 Å². The molecule has 3 rings (SSSR count). The van der Waals surface area contributed by atoms with Crippen LogP contribution in [0.4, 0.5) is 0 Å². The molecule has 134 valence electrons. The Kier molecular flexibility index (Phi) is 4.74. The topological polar surface area (TPSA) is 80.1 Å². The molecule has 1 N–H and O–H groups in total. The van der Waals surface area contributed by atoms with Crippen LogP contribution in [0.2, 0.25) is 0 Å². The highest BCUT2D eigenvalue weighted by Gasteiger charge is 2.29. The average Bonchev–Trinajstić information content (AvgIpc) is 3.39. The van der Waals surface area contributed by atoms with Crippen molar-refractivity contribution in [2.45, 2.75) is 39.5 Å². The van der Waals surface area contributed by atoms with Gasteiger partial charge in [0.05, 0.1) is 23.2 Å². The molecule has 0 aliphatic heterocycles. The van der Waals surface area contributed by atoms with E-state index in [4.69, 9.17) is 4.98 Å². The Bertz CT molecular complexity index is 822. The molecule has 25 heavy (non-hydrogen) atoms. The van der Waals surface area contributed by atoms with Gasteiger partial charge < -0.3 is 10.2 Å². The summed E-state index contributed by atoms with van der Waals surface area (Å²) in [5, 5.41) is 7.96. The fraction of sp³-hybridized carbons (Fsp3) is 0.556. The number of amides is 2. The van der Waals surface area contributed by atoms with Gasteiger partial charge in [0.1, 0.15) is 0 Å². The number of pyridine rings is 1. The number of carbonyl (C=O) groups is 2. The zero-order valence-electron chi connectivity index (χ0n) is 15.3. The van der Waals surface area contributed by atoms with Crippen LogP contribution < -0.4 is 5.32 Å². The normalized spacial score (nSPS) is 13.9. The minimum atomic E-state index is -0.145. The minimum absolute atomic E-state index is 0.0606. The maximum Gasteiger partial charge on any atom is 0.255 e. The van der Waals surface area contributed by atoms with Gasteiger partial charge in [0.2, 0.25) is 5.91 Å². The lowest BCUT2D eigenvalue weighted by molar-refractivity contribution is -0.121.